The maximum Gasteiger partial charge on any atom is 0.326 e. The quantitative estimate of drug-likeness (QED) is 0.511. The molecular formula is C23H27N5O3S. The van der Waals surface area contributed by atoms with E-state index in [0.29, 0.717) is 18.2 Å². The van der Waals surface area contributed by atoms with E-state index in [1.165, 1.54) is 30.6 Å². The molecule has 0 radical (unpaired) electrons. The Hall–Kier alpha value is -3.17. The molecule has 4 rings (SSSR count). The maximum atomic E-state index is 12.4. The third-order valence-corrected chi connectivity index (χ3v) is 5.92. The maximum absolute atomic E-state index is 12.4. The van der Waals surface area contributed by atoms with Crippen LogP contribution in [0.2, 0.25) is 0 Å². The lowest BCUT2D eigenvalue weighted by Gasteiger charge is -2.26. The number of thiazole rings is 1. The number of carbonyl (C=O) groups is 1. The Labute approximate surface area is 191 Å². The molecule has 1 fully saturated rings. The molecule has 3 aromatic rings. The summed E-state index contributed by atoms with van der Waals surface area (Å²) < 4.78 is 10.9. The number of anilines is 2. The zero-order chi connectivity index (χ0) is 22.2. The minimum Gasteiger partial charge on any atom is -0.497 e. The monoisotopic (exact) mass is 453 g/mol. The standard InChI is InChI=1S/C23H27N5O3S/c1-30-18-8-10-19(11-9-18)31-15-22-25-21(16-32-22)27-23(29)26-20-7-5-6-17(24-20)14-28-12-3-2-4-13-28/h5-11,16H,2-4,12-15H2,1H3,(H2,24,26,27,29). The highest BCUT2D eigenvalue weighted by atomic mass is 32.1. The van der Waals surface area contributed by atoms with Crippen molar-refractivity contribution in [1.29, 1.82) is 0 Å². The van der Waals surface area contributed by atoms with Crippen molar-refractivity contribution < 1.29 is 14.3 Å². The summed E-state index contributed by atoms with van der Waals surface area (Å²) in [7, 11) is 1.62. The fourth-order valence-electron chi connectivity index (χ4n) is 3.50. The number of methoxy groups -OCH3 is 1. The van der Waals surface area contributed by atoms with Crippen LogP contribution in [0.1, 0.15) is 30.0 Å². The Morgan fingerprint density at radius 3 is 2.53 bits per heavy atom. The van der Waals surface area contributed by atoms with Crippen molar-refractivity contribution in [3.05, 3.63) is 58.5 Å². The van der Waals surface area contributed by atoms with Gasteiger partial charge in [-0.05, 0) is 62.3 Å². The van der Waals surface area contributed by atoms with Crippen LogP contribution in [0, 0.1) is 0 Å². The van der Waals surface area contributed by atoms with Crippen LogP contribution < -0.4 is 20.1 Å². The molecule has 1 saturated heterocycles. The third kappa shape index (κ3) is 6.41. The molecule has 2 N–H and O–H groups in total. The molecule has 0 spiro atoms. The van der Waals surface area contributed by atoms with Gasteiger partial charge in [0.05, 0.1) is 12.8 Å². The number of pyridine rings is 1. The molecule has 0 unspecified atom stereocenters. The lowest BCUT2D eigenvalue weighted by atomic mass is 10.1. The van der Waals surface area contributed by atoms with Crippen molar-refractivity contribution in [2.75, 3.05) is 30.8 Å². The number of hydrogen-bond donors (Lipinski definition) is 2. The zero-order valence-corrected chi connectivity index (χ0v) is 18.9. The molecule has 0 bridgehead atoms. The first kappa shape index (κ1) is 22.0. The molecule has 168 valence electrons. The number of carbonyl (C=O) groups excluding carboxylic acids is 1. The van der Waals surface area contributed by atoms with Gasteiger partial charge in [-0.1, -0.05) is 12.5 Å². The molecule has 2 aromatic heterocycles. The van der Waals surface area contributed by atoms with Gasteiger partial charge in [0, 0.05) is 11.9 Å². The normalized spacial score (nSPS) is 14.0. The number of amides is 2. The van der Waals surface area contributed by atoms with Crippen LogP contribution in [0.4, 0.5) is 16.4 Å². The second-order valence-electron chi connectivity index (χ2n) is 7.52. The molecule has 2 amide bonds. The molecule has 3 heterocycles. The summed E-state index contributed by atoms with van der Waals surface area (Å²) in [6, 6.07) is 12.7. The van der Waals surface area contributed by atoms with Crippen LogP contribution in [0.15, 0.2) is 47.8 Å². The first-order valence-electron chi connectivity index (χ1n) is 10.7. The molecule has 0 aliphatic carbocycles. The number of nitrogens with zero attached hydrogens (tertiary/aromatic N) is 3. The molecular weight excluding hydrogens is 426 g/mol. The van der Waals surface area contributed by atoms with Gasteiger partial charge in [-0.3, -0.25) is 15.5 Å². The summed E-state index contributed by atoms with van der Waals surface area (Å²) in [5, 5.41) is 8.09. The third-order valence-electron chi connectivity index (χ3n) is 5.10. The van der Waals surface area contributed by atoms with Crippen molar-refractivity contribution in [3.63, 3.8) is 0 Å². The first-order chi connectivity index (χ1) is 15.7. The van der Waals surface area contributed by atoms with E-state index in [0.717, 1.165) is 41.8 Å². The number of nitrogens with one attached hydrogen (secondary N) is 2. The van der Waals surface area contributed by atoms with Crippen molar-refractivity contribution in [2.24, 2.45) is 0 Å². The number of hydrogen-bond acceptors (Lipinski definition) is 7. The highest BCUT2D eigenvalue weighted by Gasteiger charge is 2.12. The average molecular weight is 454 g/mol. The van der Waals surface area contributed by atoms with Gasteiger partial charge >= 0.3 is 6.03 Å². The van der Waals surface area contributed by atoms with E-state index in [9.17, 15) is 4.79 Å². The molecule has 0 saturated carbocycles. The Morgan fingerprint density at radius 1 is 1.00 bits per heavy atom. The van der Waals surface area contributed by atoms with Gasteiger partial charge in [0.1, 0.15) is 34.7 Å². The molecule has 32 heavy (non-hydrogen) atoms. The lowest BCUT2D eigenvalue weighted by Crippen LogP contribution is -2.29. The highest BCUT2D eigenvalue weighted by molar-refractivity contribution is 7.10. The van der Waals surface area contributed by atoms with E-state index in [1.807, 2.05) is 36.4 Å². The Bertz CT molecular complexity index is 1020. The van der Waals surface area contributed by atoms with Crippen molar-refractivity contribution in [3.8, 4) is 11.5 Å². The van der Waals surface area contributed by atoms with Crippen LogP contribution in [0.5, 0.6) is 11.5 Å². The predicted octanol–water partition coefficient (Wildman–Crippen LogP) is 4.76. The lowest BCUT2D eigenvalue weighted by molar-refractivity contribution is 0.218. The minimum atomic E-state index is -0.374. The number of ether oxygens (including phenoxy) is 2. The van der Waals surface area contributed by atoms with Crippen LogP contribution in [0.3, 0.4) is 0 Å². The number of likely N-dealkylation sites (tertiary alicyclic amines) is 1. The van der Waals surface area contributed by atoms with Crippen molar-refractivity contribution in [1.82, 2.24) is 14.9 Å². The topological polar surface area (TPSA) is 88.6 Å². The second kappa shape index (κ2) is 10.9. The highest BCUT2D eigenvalue weighted by Crippen LogP contribution is 2.20. The molecule has 0 atom stereocenters. The summed E-state index contributed by atoms with van der Waals surface area (Å²) in [6.07, 6.45) is 3.78. The Kier molecular flexibility index (Phi) is 7.52. The molecule has 1 aliphatic heterocycles. The summed E-state index contributed by atoms with van der Waals surface area (Å²) in [6.45, 7) is 3.34. The van der Waals surface area contributed by atoms with Crippen molar-refractivity contribution in [2.45, 2.75) is 32.4 Å². The van der Waals surface area contributed by atoms with Gasteiger partial charge in [-0.25, -0.2) is 14.8 Å². The van der Waals surface area contributed by atoms with Crippen LogP contribution in [-0.4, -0.2) is 41.1 Å². The summed E-state index contributed by atoms with van der Waals surface area (Å²) in [5.74, 6) is 2.50. The van der Waals surface area contributed by atoms with Gasteiger partial charge in [0.25, 0.3) is 0 Å². The van der Waals surface area contributed by atoms with Crippen molar-refractivity contribution >= 4 is 29.0 Å². The van der Waals surface area contributed by atoms with E-state index < -0.39 is 0 Å². The molecule has 1 aromatic carbocycles. The number of rotatable bonds is 8. The van der Waals surface area contributed by atoms with Crippen LogP contribution in [-0.2, 0) is 13.2 Å². The van der Waals surface area contributed by atoms with Gasteiger partial charge in [0.2, 0.25) is 0 Å². The first-order valence-corrected chi connectivity index (χ1v) is 11.5. The van der Waals surface area contributed by atoms with Gasteiger partial charge < -0.3 is 9.47 Å². The Morgan fingerprint density at radius 2 is 1.75 bits per heavy atom. The summed E-state index contributed by atoms with van der Waals surface area (Å²) in [5.41, 5.74) is 0.955. The van der Waals surface area contributed by atoms with E-state index in [4.69, 9.17) is 9.47 Å². The average Bonchev–Trinajstić information content (AvgIpc) is 3.26. The van der Waals surface area contributed by atoms with Crippen LogP contribution in [0.25, 0.3) is 0 Å². The number of piperidine rings is 1. The predicted molar refractivity (Wildman–Crippen MR) is 125 cm³/mol. The second-order valence-corrected chi connectivity index (χ2v) is 8.46. The van der Waals surface area contributed by atoms with Gasteiger partial charge in [0.15, 0.2) is 0 Å². The van der Waals surface area contributed by atoms with Gasteiger partial charge in [-0.2, -0.15) is 0 Å². The summed E-state index contributed by atoms with van der Waals surface area (Å²) in [4.78, 5) is 23.8. The number of aromatic nitrogens is 2. The van der Waals surface area contributed by atoms with Gasteiger partial charge in [-0.15, -0.1) is 11.3 Å². The fourth-order valence-corrected chi connectivity index (χ4v) is 4.14. The molecule has 8 nitrogen and oxygen atoms in total. The summed E-state index contributed by atoms with van der Waals surface area (Å²) >= 11 is 1.42. The zero-order valence-electron chi connectivity index (χ0n) is 18.0. The van der Waals surface area contributed by atoms with E-state index in [-0.39, 0.29) is 6.03 Å². The number of urea groups is 1. The smallest absolute Gasteiger partial charge is 0.326 e. The van der Waals surface area contributed by atoms with E-state index >= 15 is 0 Å². The van der Waals surface area contributed by atoms with Crippen LogP contribution >= 0.6 is 11.3 Å². The Balaban J connectivity index is 1.26. The number of benzene rings is 1. The SMILES string of the molecule is COc1ccc(OCc2nc(NC(=O)Nc3cccc(CN4CCCCC4)n3)cs2)cc1. The van der Waals surface area contributed by atoms with E-state index in [2.05, 4.69) is 25.5 Å². The fraction of sp³-hybridized carbons (Fsp3) is 0.348. The molecule has 9 heteroatoms. The minimum absolute atomic E-state index is 0.320. The molecule has 1 aliphatic rings. The largest absolute Gasteiger partial charge is 0.497 e. The van der Waals surface area contributed by atoms with E-state index in [1.54, 1.807) is 18.6 Å².